The summed E-state index contributed by atoms with van der Waals surface area (Å²) < 4.78 is 52.1. The summed E-state index contributed by atoms with van der Waals surface area (Å²) in [5.74, 6) is -0.571. The Morgan fingerprint density at radius 3 is 2.46 bits per heavy atom. The van der Waals surface area contributed by atoms with Crippen molar-refractivity contribution in [3.8, 4) is 5.75 Å². The van der Waals surface area contributed by atoms with E-state index in [0.717, 1.165) is 18.9 Å². The van der Waals surface area contributed by atoms with Crippen molar-refractivity contribution in [3.05, 3.63) is 58.9 Å². The highest BCUT2D eigenvalue weighted by molar-refractivity contribution is 6.32. The van der Waals surface area contributed by atoms with E-state index in [2.05, 4.69) is 14.6 Å². The van der Waals surface area contributed by atoms with Crippen LogP contribution in [-0.4, -0.2) is 83.4 Å². The van der Waals surface area contributed by atoms with Gasteiger partial charge < -0.3 is 23.7 Å². The molecule has 2 aliphatic rings. The third kappa shape index (κ3) is 6.56. The molecule has 0 bridgehead atoms. The quantitative estimate of drug-likeness (QED) is 0.432. The van der Waals surface area contributed by atoms with Gasteiger partial charge in [-0.1, -0.05) is 17.7 Å². The van der Waals surface area contributed by atoms with Crippen molar-refractivity contribution in [2.24, 2.45) is 0 Å². The SMILES string of the molecule is O=C(OCc1ccc(Cl)c(OC(F)(F)F)c1)N1CCN(C2CCN(C(=O)c3ccc4ocnc4c3)CC2)CC1. The molecule has 0 atom stereocenters. The summed E-state index contributed by atoms with van der Waals surface area (Å²) in [5, 5.41) is -0.193. The Hall–Kier alpha value is -3.51. The lowest BCUT2D eigenvalue weighted by Crippen LogP contribution is -2.54. The zero-order chi connectivity index (χ0) is 27.6. The molecule has 2 fully saturated rings. The van der Waals surface area contributed by atoms with Crippen LogP contribution in [0.5, 0.6) is 5.75 Å². The van der Waals surface area contributed by atoms with Crippen LogP contribution in [0.1, 0.15) is 28.8 Å². The van der Waals surface area contributed by atoms with E-state index in [1.54, 1.807) is 23.1 Å². The predicted octanol–water partition coefficient (Wildman–Crippen LogP) is 4.94. The number of ether oxygens (including phenoxy) is 2. The normalized spacial score (nSPS) is 17.4. The molecular weight excluding hydrogens is 541 g/mol. The number of fused-ring (bicyclic) bond motifs is 1. The zero-order valence-electron chi connectivity index (χ0n) is 20.8. The van der Waals surface area contributed by atoms with Crippen molar-refractivity contribution >= 4 is 34.7 Å². The first-order valence-electron chi connectivity index (χ1n) is 12.5. The highest BCUT2D eigenvalue weighted by Gasteiger charge is 2.33. The molecule has 1 aromatic heterocycles. The Balaban J connectivity index is 1.06. The minimum absolute atomic E-state index is 0.0244. The second-order valence-corrected chi connectivity index (χ2v) is 9.86. The summed E-state index contributed by atoms with van der Waals surface area (Å²) in [5.41, 5.74) is 2.21. The second kappa shape index (κ2) is 11.3. The summed E-state index contributed by atoms with van der Waals surface area (Å²) in [6, 6.07) is 9.40. The van der Waals surface area contributed by atoms with E-state index >= 15 is 0 Å². The lowest BCUT2D eigenvalue weighted by molar-refractivity contribution is -0.274. The predicted molar refractivity (Wildman–Crippen MR) is 134 cm³/mol. The Morgan fingerprint density at radius 2 is 1.74 bits per heavy atom. The molecule has 9 nitrogen and oxygen atoms in total. The molecule has 2 aromatic carbocycles. The molecule has 208 valence electrons. The molecular formula is C26H26ClF3N4O5. The van der Waals surface area contributed by atoms with Crippen LogP contribution in [0, 0.1) is 0 Å². The maximum atomic E-state index is 13.0. The Bertz CT molecular complexity index is 1330. The molecule has 0 saturated carbocycles. The number of hydrogen-bond acceptors (Lipinski definition) is 7. The van der Waals surface area contributed by atoms with E-state index in [-0.39, 0.29) is 17.5 Å². The lowest BCUT2D eigenvalue weighted by Gasteiger charge is -2.42. The van der Waals surface area contributed by atoms with Gasteiger partial charge in [-0.25, -0.2) is 9.78 Å². The lowest BCUT2D eigenvalue weighted by atomic mass is 10.0. The van der Waals surface area contributed by atoms with E-state index in [1.807, 2.05) is 4.90 Å². The smallest absolute Gasteiger partial charge is 0.445 e. The van der Waals surface area contributed by atoms with Gasteiger partial charge >= 0.3 is 12.5 Å². The minimum atomic E-state index is -4.88. The number of oxazole rings is 1. The van der Waals surface area contributed by atoms with Gasteiger partial charge in [-0.15, -0.1) is 13.2 Å². The van der Waals surface area contributed by atoms with E-state index in [9.17, 15) is 22.8 Å². The van der Waals surface area contributed by atoms with Crippen LogP contribution in [0.3, 0.4) is 0 Å². The van der Waals surface area contributed by atoms with Crippen molar-refractivity contribution in [1.82, 2.24) is 19.7 Å². The van der Waals surface area contributed by atoms with Crippen LogP contribution in [0.2, 0.25) is 5.02 Å². The summed E-state index contributed by atoms with van der Waals surface area (Å²) in [4.78, 5) is 35.4. The number of amides is 2. The molecule has 3 heterocycles. The van der Waals surface area contributed by atoms with Gasteiger partial charge in [0, 0.05) is 50.9 Å². The third-order valence-corrected chi connectivity index (χ3v) is 7.31. The molecule has 0 aliphatic carbocycles. The Labute approximate surface area is 227 Å². The molecule has 2 saturated heterocycles. The zero-order valence-corrected chi connectivity index (χ0v) is 21.6. The van der Waals surface area contributed by atoms with Gasteiger partial charge in [0.25, 0.3) is 5.91 Å². The standard InChI is InChI=1S/C26H26ClF3N4O5/c27-20-3-1-17(13-23(20)39-26(28,29)30)15-37-25(36)34-11-9-32(10-12-34)19-5-7-33(8-6-19)24(35)18-2-4-22-21(14-18)31-16-38-22/h1-4,13-14,16,19H,5-12,15H2. The van der Waals surface area contributed by atoms with E-state index in [0.29, 0.717) is 67.5 Å². The fourth-order valence-electron chi connectivity index (χ4n) is 4.95. The van der Waals surface area contributed by atoms with Crippen LogP contribution in [0.15, 0.2) is 47.2 Å². The first-order chi connectivity index (χ1) is 18.7. The van der Waals surface area contributed by atoms with Crippen molar-refractivity contribution < 1.29 is 36.7 Å². The monoisotopic (exact) mass is 566 g/mol. The average Bonchev–Trinajstić information content (AvgIpc) is 3.40. The number of aromatic nitrogens is 1. The highest BCUT2D eigenvalue weighted by atomic mass is 35.5. The highest BCUT2D eigenvalue weighted by Crippen LogP contribution is 2.31. The molecule has 0 spiro atoms. The molecule has 0 unspecified atom stereocenters. The summed E-state index contributed by atoms with van der Waals surface area (Å²) >= 11 is 5.76. The topological polar surface area (TPSA) is 88.4 Å². The van der Waals surface area contributed by atoms with Crippen LogP contribution in [0.25, 0.3) is 11.1 Å². The number of carbonyl (C=O) groups excluding carboxylic acids is 2. The Morgan fingerprint density at radius 1 is 1.00 bits per heavy atom. The van der Waals surface area contributed by atoms with Crippen molar-refractivity contribution in [2.45, 2.75) is 31.9 Å². The number of benzene rings is 2. The first kappa shape index (κ1) is 27.1. The van der Waals surface area contributed by atoms with Crippen LogP contribution in [0.4, 0.5) is 18.0 Å². The number of nitrogens with zero attached hydrogens (tertiary/aromatic N) is 4. The minimum Gasteiger partial charge on any atom is -0.445 e. The molecule has 13 heteroatoms. The van der Waals surface area contributed by atoms with Crippen molar-refractivity contribution in [1.29, 1.82) is 0 Å². The van der Waals surface area contributed by atoms with Gasteiger partial charge in [-0.2, -0.15) is 0 Å². The summed E-state index contributed by atoms with van der Waals surface area (Å²) in [6.07, 6.45) is -2.39. The third-order valence-electron chi connectivity index (χ3n) is 7.00. The number of carbonyl (C=O) groups is 2. The molecule has 0 N–H and O–H groups in total. The molecule has 3 aromatic rings. The number of halogens is 4. The van der Waals surface area contributed by atoms with E-state index < -0.39 is 18.2 Å². The number of likely N-dealkylation sites (tertiary alicyclic amines) is 1. The number of piperazine rings is 1. The second-order valence-electron chi connectivity index (χ2n) is 9.45. The van der Waals surface area contributed by atoms with Crippen LogP contribution in [-0.2, 0) is 11.3 Å². The average molecular weight is 567 g/mol. The van der Waals surface area contributed by atoms with E-state index in [1.165, 1.54) is 18.5 Å². The fourth-order valence-corrected chi connectivity index (χ4v) is 5.11. The Kier molecular flexibility index (Phi) is 7.85. The van der Waals surface area contributed by atoms with Crippen LogP contribution < -0.4 is 4.74 Å². The van der Waals surface area contributed by atoms with Gasteiger partial charge in [-0.3, -0.25) is 9.69 Å². The molecule has 39 heavy (non-hydrogen) atoms. The van der Waals surface area contributed by atoms with Gasteiger partial charge in [0.1, 0.15) is 17.9 Å². The van der Waals surface area contributed by atoms with Gasteiger partial charge in [0.05, 0.1) is 5.02 Å². The van der Waals surface area contributed by atoms with Crippen molar-refractivity contribution in [3.63, 3.8) is 0 Å². The molecule has 0 radical (unpaired) electrons. The summed E-state index contributed by atoms with van der Waals surface area (Å²) in [6.45, 7) is 3.35. The van der Waals surface area contributed by atoms with Crippen LogP contribution >= 0.6 is 11.6 Å². The van der Waals surface area contributed by atoms with Gasteiger partial charge in [0.15, 0.2) is 12.0 Å². The van der Waals surface area contributed by atoms with E-state index in [4.69, 9.17) is 20.8 Å². The number of hydrogen-bond donors (Lipinski definition) is 0. The maximum Gasteiger partial charge on any atom is 0.573 e. The fraction of sp³-hybridized carbons (Fsp3) is 0.423. The first-order valence-corrected chi connectivity index (χ1v) is 12.9. The molecule has 2 amide bonds. The van der Waals surface area contributed by atoms with Crippen molar-refractivity contribution in [2.75, 3.05) is 39.3 Å². The molecule has 5 rings (SSSR count). The number of rotatable bonds is 5. The maximum absolute atomic E-state index is 13.0. The number of alkyl halides is 3. The molecule has 2 aliphatic heterocycles. The van der Waals surface area contributed by atoms with Gasteiger partial charge in [0.2, 0.25) is 0 Å². The number of piperidine rings is 1. The largest absolute Gasteiger partial charge is 0.573 e. The van der Waals surface area contributed by atoms with Gasteiger partial charge in [-0.05, 0) is 48.7 Å². The summed E-state index contributed by atoms with van der Waals surface area (Å²) in [7, 11) is 0.